The molecule has 0 aliphatic rings. The molecule has 1 atom stereocenters. The molecule has 5 nitrogen and oxygen atoms in total. The number of unbranched alkanes of at least 4 members (excludes halogenated alkanes) is 1. The van der Waals surface area contributed by atoms with Crippen LogP contribution >= 0.6 is 0 Å². The van der Waals surface area contributed by atoms with E-state index in [0.29, 0.717) is 24.5 Å². The normalized spacial score (nSPS) is 13.1. The second-order valence-corrected chi connectivity index (χ2v) is 9.10. The molecule has 2 aromatic carbocycles. The summed E-state index contributed by atoms with van der Waals surface area (Å²) in [7, 11) is -3.60. The fourth-order valence-corrected chi connectivity index (χ4v) is 5.10. The van der Waals surface area contributed by atoms with Crippen molar-refractivity contribution in [3.05, 3.63) is 72.6 Å². The van der Waals surface area contributed by atoms with E-state index in [-0.39, 0.29) is 6.04 Å². The number of hydrogen-bond donors (Lipinski definition) is 1. The maximum atomic E-state index is 13.5. The van der Waals surface area contributed by atoms with E-state index in [1.54, 1.807) is 34.9 Å². The molecule has 0 saturated carbocycles. The lowest BCUT2D eigenvalue weighted by Gasteiger charge is -2.24. The van der Waals surface area contributed by atoms with Gasteiger partial charge in [0, 0.05) is 48.8 Å². The SMILES string of the molecule is CCCCN(CCNC(C)c1ccccc1)S(=O)(=O)c1cccc2cnccc12. The third kappa shape index (κ3) is 5.21. The zero-order valence-corrected chi connectivity index (χ0v) is 17.9. The van der Waals surface area contributed by atoms with Crippen molar-refractivity contribution in [2.24, 2.45) is 0 Å². The molecule has 0 saturated heterocycles. The lowest BCUT2D eigenvalue weighted by molar-refractivity contribution is 0.389. The largest absolute Gasteiger partial charge is 0.309 e. The summed E-state index contributed by atoms with van der Waals surface area (Å²) in [6.07, 6.45) is 5.12. The van der Waals surface area contributed by atoms with E-state index in [0.717, 1.165) is 23.6 Å². The van der Waals surface area contributed by atoms with Gasteiger partial charge in [-0.15, -0.1) is 0 Å². The summed E-state index contributed by atoms with van der Waals surface area (Å²) in [4.78, 5) is 4.46. The van der Waals surface area contributed by atoms with Crippen LogP contribution in [0.2, 0.25) is 0 Å². The third-order valence-electron chi connectivity index (χ3n) is 5.13. The number of aromatic nitrogens is 1. The van der Waals surface area contributed by atoms with Crippen molar-refractivity contribution in [2.45, 2.75) is 37.6 Å². The molecular formula is C23H29N3O2S. The molecule has 6 heteroatoms. The van der Waals surface area contributed by atoms with E-state index < -0.39 is 10.0 Å². The van der Waals surface area contributed by atoms with Gasteiger partial charge < -0.3 is 5.32 Å². The molecule has 0 aliphatic carbocycles. The minimum Gasteiger partial charge on any atom is -0.309 e. The van der Waals surface area contributed by atoms with Crippen LogP contribution in [0.4, 0.5) is 0 Å². The molecule has 0 radical (unpaired) electrons. The summed E-state index contributed by atoms with van der Waals surface area (Å²) in [6.45, 7) is 5.70. The zero-order chi connectivity index (χ0) is 20.7. The van der Waals surface area contributed by atoms with Gasteiger partial charge in [-0.3, -0.25) is 4.98 Å². The van der Waals surface area contributed by atoms with Gasteiger partial charge in [0.15, 0.2) is 0 Å². The van der Waals surface area contributed by atoms with Gasteiger partial charge in [-0.2, -0.15) is 4.31 Å². The Balaban J connectivity index is 1.78. The minimum absolute atomic E-state index is 0.163. The standard InChI is InChI=1S/C23H29N3O2S/c1-3-4-16-26(17-15-25-19(2)20-9-6-5-7-10-20)29(27,28)23-12-8-11-21-18-24-14-13-22(21)23/h5-14,18-19,25H,3-4,15-17H2,1-2H3. The molecule has 154 valence electrons. The van der Waals surface area contributed by atoms with Crippen molar-refractivity contribution in [3.8, 4) is 0 Å². The van der Waals surface area contributed by atoms with Crippen molar-refractivity contribution in [1.29, 1.82) is 0 Å². The van der Waals surface area contributed by atoms with Crippen LogP contribution in [0.15, 0.2) is 71.9 Å². The Bertz CT molecular complexity index is 1020. The van der Waals surface area contributed by atoms with Gasteiger partial charge in [0.1, 0.15) is 0 Å². The van der Waals surface area contributed by atoms with Crippen LogP contribution in [0.3, 0.4) is 0 Å². The van der Waals surface area contributed by atoms with Crippen molar-refractivity contribution in [2.75, 3.05) is 19.6 Å². The highest BCUT2D eigenvalue weighted by Crippen LogP contribution is 2.25. The number of benzene rings is 2. The Labute approximate surface area is 173 Å². The molecule has 0 bridgehead atoms. The lowest BCUT2D eigenvalue weighted by atomic mass is 10.1. The second kappa shape index (κ2) is 9.96. The Morgan fingerprint density at radius 2 is 1.83 bits per heavy atom. The highest BCUT2D eigenvalue weighted by atomic mass is 32.2. The third-order valence-corrected chi connectivity index (χ3v) is 7.09. The fourth-order valence-electron chi connectivity index (χ4n) is 3.41. The maximum absolute atomic E-state index is 13.5. The lowest BCUT2D eigenvalue weighted by Crippen LogP contribution is -2.38. The Kier molecular flexibility index (Phi) is 7.36. The monoisotopic (exact) mass is 411 g/mol. The number of nitrogens with one attached hydrogen (secondary N) is 1. The van der Waals surface area contributed by atoms with Crippen LogP contribution in [-0.4, -0.2) is 37.3 Å². The topological polar surface area (TPSA) is 62.3 Å². The van der Waals surface area contributed by atoms with E-state index in [4.69, 9.17) is 0 Å². The van der Waals surface area contributed by atoms with Crippen LogP contribution in [0, 0.1) is 0 Å². The molecule has 3 rings (SSSR count). The first kappa shape index (κ1) is 21.4. The van der Waals surface area contributed by atoms with Crippen LogP contribution < -0.4 is 5.32 Å². The molecule has 0 aliphatic heterocycles. The number of sulfonamides is 1. The molecule has 1 unspecified atom stereocenters. The zero-order valence-electron chi connectivity index (χ0n) is 17.1. The summed E-state index contributed by atoms with van der Waals surface area (Å²) in [5.74, 6) is 0. The van der Waals surface area contributed by atoms with Crippen LogP contribution in [-0.2, 0) is 10.0 Å². The van der Waals surface area contributed by atoms with E-state index in [1.807, 2.05) is 24.3 Å². The predicted molar refractivity (Wildman–Crippen MR) is 118 cm³/mol. The summed E-state index contributed by atoms with van der Waals surface area (Å²) >= 11 is 0. The highest BCUT2D eigenvalue weighted by molar-refractivity contribution is 7.89. The first-order chi connectivity index (χ1) is 14.0. The van der Waals surface area contributed by atoms with E-state index >= 15 is 0 Å². The number of nitrogens with zero attached hydrogens (tertiary/aromatic N) is 2. The van der Waals surface area contributed by atoms with Gasteiger partial charge in [0.2, 0.25) is 10.0 Å². The number of pyridine rings is 1. The Hall–Kier alpha value is -2.28. The molecule has 3 aromatic rings. The van der Waals surface area contributed by atoms with Gasteiger partial charge in [0.05, 0.1) is 4.90 Å². The van der Waals surface area contributed by atoms with E-state index in [1.165, 1.54) is 5.56 Å². The molecule has 0 fully saturated rings. The van der Waals surface area contributed by atoms with Crippen molar-refractivity contribution in [1.82, 2.24) is 14.6 Å². The molecule has 1 N–H and O–H groups in total. The average Bonchev–Trinajstić information content (AvgIpc) is 2.76. The van der Waals surface area contributed by atoms with Crippen LogP contribution in [0.1, 0.15) is 38.3 Å². The molecule has 29 heavy (non-hydrogen) atoms. The Morgan fingerprint density at radius 1 is 1.03 bits per heavy atom. The quantitative estimate of drug-likeness (QED) is 0.538. The van der Waals surface area contributed by atoms with Crippen molar-refractivity contribution < 1.29 is 8.42 Å². The molecule has 1 aromatic heterocycles. The summed E-state index contributed by atoms with van der Waals surface area (Å²) in [5, 5.41) is 5.00. The average molecular weight is 412 g/mol. The van der Waals surface area contributed by atoms with Gasteiger partial charge in [0.25, 0.3) is 0 Å². The maximum Gasteiger partial charge on any atom is 0.243 e. The number of hydrogen-bond acceptors (Lipinski definition) is 4. The van der Waals surface area contributed by atoms with Crippen LogP contribution in [0.5, 0.6) is 0 Å². The van der Waals surface area contributed by atoms with Gasteiger partial charge in [-0.25, -0.2) is 8.42 Å². The summed E-state index contributed by atoms with van der Waals surface area (Å²) in [6, 6.07) is 17.5. The summed E-state index contributed by atoms with van der Waals surface area (Å²) < 4.78 is 28.6. The first-order valence-corrected chi connectivity index (χ1v) is 11.6. The number of fused-ring (bicyclic) bond motifs is 1. The fraction of sp³-hybridized carbons (Fsp3) is 0.348. The van der Waals surface area contributed by atoms with Crippen molar-refractivity contribution in [3.63, 3.8) is 0 Å². The first-order valence-electron chi connectivity index (χ1n) is 10.1. The van der Waals surface area contributed by atoms with Gasteiger partial charge in [-0.1, -0.05) is 55.8 Å². The predicted octanol–water partition coefficient (Wildman–Crippen LogP) is 4.38. The van der Waals surface area contributed by atoms with Crippen molar-refractivity contribution >= 4 is 20.8 Å². The minimum atomic E-state index is -3.60. The molecular weight excluding hydrogens is 382 g/mol. The van der Waals surface area contributed by atoms with E-state index in [9.17, 15) is 8.42 Å². The Morgan fingerprint density at radius 3 is 2.59 bits per heavy atom. The van der Waals surface area contributed by atoms with E-state index in [2.05, 4.69) is 36.3 Å². The second-order valence-electron chi connectivity index (χ2n) is 7.20. The summed E-state index contributed by atoms with van der Waals surface area (Å²) in [5.41, 5.74) is 1.19. The molecule has 0 spiro atoms. The molecule has 0 amide bonds. The van der Waals surface area contributed by atoms with Gasteiger partial charge >= 0.3 is 0 Å². The van der Waals surface area contributed by atoms with Gasteiger partial charge in [-0.05, 0) is 31.0 Å². The number of rotatable bonds is 10. The molecule has 1 heterocycles. The van der Waals surface area contributed by atoms with Crippen LogP contribution in [0.25, 0.3) is 10.8 Å². The smallest absolute Gasteiger partial charge is 0.243 e. The highest BCUT2D eigenvalue weighted by Gasteiger charge is 2.25.